The van der Waals surface area contributed by atoms with Crippen LogP contribution < -0.4 is 10.6 Å². The lowest BCUT2D eigenvalue weighted by atomic mass is 9.96. The summed E-state index contributed by atoms with van der Waals surface area (Å²) >= 11 is 12.4. The molecule has 0 radical (unpaired) electrons. The SMILES string of the molecule is Cc1ccc(C)c(NC(=O)CCN2C(=S)N[C@@H](c3ccccn3)[C@@H]2c2cc(C)n(-c3ccccc3Cl)c2C)c1. The summed E-state index contributed by atoms with van der Waals surface area (Å²) in [5.41, 5.74) is 8.07. The smallest absolute Gasteiger partial charge is 0.226 e. The van der Waals surface area contributed by atoms with Crippen molar-refractivity contribution >= 4 is 40.5 Å². The first-order valence-electron chi connectivity index (χ1n) is 13.0. The number of nitrogens with zero attached hydrogens (tertiary/aromatic N) is 3. The van der Waals surface area contributed by atoms with Crippen molar-refractivity contribution in [2.75, 3.05) is 11.9 Å². The van der Waals surface area contributed by atoms with E-state index in [2.05, 4.69) is 45.0 Å². The largest absolute Gasteiger partial charge is 0.352 e. The summed E-state index contributed by atoms with van der Waals surface area (Å²) in [6.45, 7) is 8.67. The molecule has 1 saturated heterocycles. The minimum atomic E-state index is -0.166. The van der Waals surface area contributed by atoms with Gasteiger partial charge in [-0.2, -0.15) is 0 Å². The third kappa shape index (κ3) is 5.42. The Hall–Kier alpha value is -3.68. The van der Waals surface area contributed by atoms with Crippen LogP contribution in [0.1, 0.15) is 52.3 Å². The second kappa shape index (κ2) is 11.2. The van der Waals surface area contributed by atoms with Crippen LogP contribution in [0.15, 0.2) is 72.9 Å². The first kappa shape index (κ1) is 26.9. The third-order valence-corrected chi connectivity index (χ3v) is 8.00. The van der Waals surface area contributed by atoms with E-state index in [4.69, 9.17) is 23.8 Å². The van der Waals surface area contributed by atoms with Crippen LogP contribution in [-0.4, -0.2) is 32.0 Å². The standard InChI is InChI=1S/C31H32ClN5OS/c1-19-12-13-20(2)26(17-19)34-28(38)14-16-36-30(29(35-31(36)39)25-10-7-8-15-33-25)23-18-21(3)37(22(23)4)27-11-6-5-9-24(27)32/h5-13,15,17-18,29-30H,14,16H2,1-4H3,(H,34,38)(H,35,39)/t29-,30-/m0/s1. The Morgan fingerprint density at radius 2 is 1.82 bits per heavy atom. The molecule has 1 fully saturated rings. The molecule has 2 N–H and O–H groups in total. The molecule has 5 rings (SSSR count). The monoisotopic (exact) mass is 557 g/mol. The number of hydrogen-bond donors (Lipinski definition) is 2. The highest BCUT2D eigenvalue weighted by Crippen LogP contribution is 2.42. The van der Waals surface area contributed by atoms with E-state index in [1.807, 2.05) is 74.5 Å². The van der Waals surface area contributed by atoms with Crippen LogP contribution in [0.25, 0.3) is 5.69 Å². The molecule has 0 bridgehead atoms. The van der Waals surface area contributed by atoms with Gasteiger partial charge in [0.25, 0.3) is 0 Å². The molecule has 6 nitrogen and oxygen atoms in total. The van der Waals surface area contributed by atoms with Crippen LogP contribution in [0.5, 0.6) is 0 Å². The van der Waals surface area contributed by atoms with Gasteiger partial charge in [-0.3, -0.25) is 9.78 Å². The van der Waals surface area contributed by atoms with Gasteiger partial charge in [0, 0.05) is 36.2 Å². The minimum absolute atomic E-state index is 0.0481. The molecule has 3 heterocycles. The molecule has 0 saturated carbocycles. The lowest BCUT2D eigenvalue weighted by Gasteiger charge is -2.28. The van der Waals surface area contributed by atoms with E-state index in [1.54, 1.807) is 6.20 Å². The van der Waals surface area contributed by atoms with E-state index >= 15 is 0 Å². The van der Waals surface area contributed by atoms with Gasteiger partial charge in [0.1, 0.15) is 0 Å². The molecule has 1 amide bonds. The fourth-order valence-corrected chi connectivity index (χ4v) is 5.93. The molecule has 1 aliphatic heterocycles. The van der Waals surface area contributed by atoms with E-state index < -0.39 is 0 Å². The molecule has 0 aliphatic carbocycles. The van der Waals surface area contributed by atoms with Gasteiger partial charge in [0.05, 0.1) is 28.5 Å². The second-order valence-electron chi connectivity index (χ2n) is 10.0. The number of carbonyl (C=O) groups is 1. The van der Waals surface area contributed by atoms with Gasteiger partial charge in [-0.05, 0) is 93.0 Å². The molecule has 2 aromatic heterocycles. The lowest BCUT2D eigenvalue weighted by molar-refractivity contribution is -0.116. The Balaban J connectivity index is 1.48. The number of amides is 1. The number of pyridine rings is 1. The van der Waals surface area contributed by atoms with Gasteiger partial charge in [-0.15, -0.1) is 0 Å². The number of anilines is 1. The minimum Gasteiger partial charge on any atom is -0.352 e. The number of hydrogen-bond acceptors (Lipinski definition) is 3. The highest BCUT2D eigenvalue weighted by molar-refractivity contribution is 7.80. The fourth-order valence-electron chi connectivity index (χ4n) is 5.38. The second-order valence-corrected chi connectivity index (χ2v) is 10.8. The highest BCUT2D eigenvalue weighted by atomic mass is 35.5. The van der Waals surface area contributed by atoms with Crippen LogP contribution in [0, 0.1) is 27.7 Å². The van der Waals surface area contributed by atoms with Crippen LogP contribution in [0.3, 0.4) is 0 Å². The van der Waals surface area contributed by atoms with Gasteiger partial charge < -0.3 is 20.1 Å². The number of nitrogens with one attached hydrogen (secondary N) is 2. The van der Waals surface area contributed by atoms with Crippen molar-refractivity contribution in [3.63, 3.8) is 0 Å². The maximum Gasteiger partial charge on any atom is 0.226 e. The van der Waals surface area contributed by atoms with Crippen molar-refractivity contribution in [1.29, 1.82) is 0 Å². The summed E-state index contributed by atoms with van der Waals surface area (Å²) in [4.78, 5) is 19.8. The maximum absolute atomic E-state index is 13.0. The van der Waals surface area contributed by atoms with Gasteiger partial charge in [-0.1, -0.05) is 41.9 Å². The van der Waals surface area contributed by atoms with Crippen molar-refractivity contribution in [3.8, 4) is 5.69 Å². The summed E-state index contributed by atoms with van der Waals surface area (Å²) in [5, 5.41) is 7.87. The predicted molar refractivity (Wildman–Crippen MR) is 162 cm³/mol. The average molecular weight is 558 g/mol. The van der Waals surface area contributed by atoms with E-state index in [-0.39, 0.29) is 18.0 Å². The summed E-state index contributed by atoms with van der Waals surface area (Å²) in [5.74, 6) is -0.0481. The quantitative estimate of drug-likeness (QED) is 0.246. The van der Waals surface area contributed by atoms with Crippen LogP contribution in [-0.2, 0) is 4.79 Å². The van der Waals surface area contributed by atoms with Crippen molar-refractivity contribution in [2.24, 2.45) is 0 Å². The van der Waals surface area contributed by atoms with Crippen LogP contribution >= 0.6 is 23.8 Å². The molecule has 0 spiro atoms. The number of para-hydroxylation sites is 1. The maximum atomic E-state index is 13.0. The molecular weight excluding hydrogens is 526 g/mol. The Bertz CT molecular complexity index is 1530. The van der Waals surface area contributed by atoms with Crippen molar-refractivity contribution < 1.29 is 4.79 Å². The van der Waals surface area contributed by atoms with Crippen molar-refractivity contribution in [3.05, 3.63) is 112 Å². The molecule has 8 heteroatoms. The number of aromatic nitrogens is 2. The highest BCUT2D eigenvalue weighted by Gasteiger charge is 2.41. The van der Waals surface area contributed by atoms with Gasteiger partial charge in [-0.25, -0.2) is 0 Å². The molecule has 200 valence electrons. The summed E-state index contributed by atoms with van der Waals surface area (Å²) in [6.07, 6.45) is 2.09. The third-order valence-electron chi connectivity index (χ3n) is 7.33. The van der Waals surface area contributed by atoms with Gasteiger partial charge >= 0.3 is 0 Å². The molecule has 2 atom stereocenters. The van der Waals surface area contributed by atoms with Gasteiger partial charge in [0.15, 0.2) is 5.11 Å². The number of benzene rings is 2. The normalized spacial score (nSPS) is 16.8. The Morgan fingerprint density at radius 3 is 2.56 bits per heavy atom. The topological polar surface area (TPSA) is 62.2 Å². The predicted octanol–water partition coefficient (Wildman–Crippen LogP) is 6.76. The summed E-state index contributed by atoms with van der Waals surface area (Å²) < 4.78 is 2.18. The zero-order valence-electron chi connectivity index (χ0n) is 22.5. The first-order valence-corrected chi connectivity index (χ1v) is 13.8. The van der Waals surface area contributed by atoms with Crippen molar-refractivity contribution in [2.45, 2.75) is 46.2 Å². The van der Waals surface area contributed by atoms with Crippen LogP contribution in [0.2, 0.25) is 5.02 Å². The van der Waals surface area contributed by atoms with E-state index in [0.29, 0.717) is 23.1 Å². The lowest BCUT2D eigenvalue weighted by Crippen LogP contribution is -2.33. The average Bonchev–Trinajstić information content (AvgIpc) is 3.40. The Morgan fingerprint density at radius 1 is 1.05 bits per heavy atom. The van der Waals surface area contributed by atoms with E-state index in [1.165, 1.54) is 0 Å². The van der Waals surface area contributed by atoms with Crippen LogP contribution in [0.4, 0.5) is 5.69 Å². The zero-order chi connectivity index (χ0) is 27.7. The van der Waals surface area contributed by atoms with Crippen molar-refractivity contribution in [1.82, 2.24) is 19.8 Å². The number of thiocarbonyl (C=S) groups is 1. The van der Waals surface area contributed by atoms with E-state index in [0.717, 1.165) is 45.1 Å². The molecule has 39 heavy (non-hydrogen) atoms. The number of aryl methyl sites for hydroxylation is 3. The van der Waals surface area contributed by atoms with Gasteiger partial charge in [0.2, 0.25) is 5.91 Å². The molecule has 0 unspecified atom stereocenters. The summed E-state index contributed by atoms with van der Waals surface area (Å²) in [6, 6.07) is 21.7. The van der Waals surface area contributed by atoms with E-state index in [9.17, 15) is 4.79 Å². The molecule has 1 aliphatic rings. The zero-order valence-corrected chi connectivity index (χ0v) is 24.1. The number of halogens is 1. The summed E-state index contributed by atoms with van der Waals surface area (Å²) in [7, 11) is 0. The number of rotatable bonds is 7. The first-order chi connectivity index (χ1) is 18.7. The Labute approximate surface area is 240 Å². The molecule has 2 aromatic carbocycles. The number of carbonyl (C=O) groups excluding carboxylic acids is 1. The molecule has 4 aromatic rings. The molecular formula is C31H32ClN5OS. The fraction of sp³-hybridized carbons (Fsp3) is 0.258. The Kier molecular flexibility index (Phi) is 7.73.